The Labute approximate surface area is 174 Å². The van der Waals surface area contributed by atoms with Crippen LogP contribution in [0.2, 0.25) is 5.02 Å². The number of nitrogens with one attached hydrogen (secondary N) is 2. The van der Waals surface area contributed by atoms with E-state index in [4.69, 9.17) is 11.6 Å². The molecule has 0 radical (unpaired) electrons. The first kappa shape index (κ1) is 19.3. The first-order valence-corrected chi connectivity index (χ1v) is 10.1. The number of H-pyrrole nitrogens is 1. The molecule has 4 rings (SSSR count). The molecule has 0 fully saturated rings. The Morgan fingerprint density at radius 3 is 2.79 bits per heavy atom. The number of para-hydroxylation sites is 1. The van der Waals surface area contributed by atoms with Crippen molar-refractivity contribution in [2.75, 3.05) is 5.32 Å². The van der Waals surface area contributed by atoms with E-state index in [2.05, 4.69) is 27.5 Å². The zero-order valence-electron chi connectivity index (χ0n) is 16.3. The minimum Gasteiger partial charge on any atom is -0.361 e. The Balaban J connectivity index is 1.31. The van der Waals surface area contributed by atoms with Crippen LogP contribution in [-0.4, -0.2) is 20.7 Å². The van der Waals surface area contributed by atoms with Gasteiger partial charge in [-0.05, 0) is 49.1 Å². The number of aryl methyl sites for hydroxylation is 2. The summed E-state index contributed by atoms with van der Waals surface area (Å²) in [5.74, 6) is 0.578. The predicted molar refractivity (Wildman–Crippen MR) is 117 cm³/mol. The molecular weight excluding hydrogens is 384 g/mol. The summed E-state index contributed by atoms with van der Waals surface area (Å²) in [6.45, 7) is 2.62. The topological polar surface area (TPSA) is 62.7 Å². The highest BCUT2D eigenvalue weighted by atomic mass is 35.5. The van der Waals surface area contributed by atoms with Crippen molar-refractivity contribution in [3.63, 3.8) is 0 Å². The number of carbonyl (C=O) groups is 1. The van der Waals surface area contributed by atoms with E-state index < -0.39 is 0 Å². The van der Waals surface area contributed by atoms with E-state index in [1.807, 2.05) is 60.3 Å². The first-order valence-electron chi connectivity index (χ1n) is 9.72. The lowest BCUT2D eigenvalue weighted by Gasteiger charge is -2.05. The molecule has 0 aliphatic carbocycles. The molecule has 0 saturated carbocycles. The maximum atomic E-state index is 12.3. The second-order valence-electron chi connectivity index (χ2n) is 7.22. The third kappa shape index (κ3) is 4.69. The van der Waals surface area contributed by atoms with Gasteiger partial charge in [0.05, 0.1) is 6.54 Å². The van der Waals surface area contributed by atoms with E-state index in [9.17, 15) is 4.79 Å². The van der Waals surface area contributed by atoms with Crippen LogP contribution in [0.5, 0.6) is 0 Å². The Morgan fingerprint density at radius 1 is 1.17 bits per heavy atom. The van der Waals surface area contributed by atoms with Crippen molar-refractivity contribution in [1.29, 1.82) is 0 Å². The van der Waals surface area contributed by atoms with Crippen LogP contribution in [-0.2, 0) is 17.8 Å². The van der Waals surface area contributed by atoms with Crippen molar-refractivity contribution >= 4 is 34.2 Å². The van der Waals surface area contributed by atoms with Crippen molar-refractivity contribution < 1.29 is 4.79 Å². The lowest BCUT2D eigenvalue weighted by Crippen LogP contribution is -2.12. The van der Waals surface area contributed by atoms with Gasteiger partial charge in [-0.1, -0.05) is 41.9 Å². The maximum Gasteiger partial charge on any atom is 0.225 e. The summed E-state index contributed by atoms with van der Waals surface area (Å²) < 4.78 is 1.88. The molecule has 148 valence electrons. The van der Waals surface area contributed by atoms with Crippen molar-refractivity contribution in [3.05, 3.63) is 82.6 Å². The highest BCUT2D eigenvalue weighted by molar-refractivity contribution is 6.30. The number of rotatable bonds is 7. The van der Waals surface area contributed by atoms with Gasteiger partial charge in [-0.3, -0.25) is 9.48 Å². The minimum atomic E-state index is -0.0130. The second kappa shape index (κ2) is 8.53. The highest BCUT2D eigenvalue weighted by Gasteiger charge is 2.10. The Kier molecular flexibility index (Phi) is 5.67. The average molecular weight is 407 g/mol. The highest BCUT2D eigenvalue weighted by Crippen LogP contribution is 2.20. The van der Waals surface area contributed by atoms with Gasteiger partial charge in [-0.25, -0.2) is 0 Å². The van der Waals surface area contributed by atoms with Crippen LogP contribution in [0.15, 0.2) is 60.8 Å². The van der Waals surface area contributed by atoms with Crippen molar-refractivity contribution in [2.45, 2.75) is 32.7 Å². The van der Waals surface area contributed by atoms with Gasteiger partial charge >= 0.3 is 0 Å². The molecule has 0 bridgehead atoms. The first-order chi connectivity index (χ1) is 14.1. The molecule has 2 aromatic heterocycles. The third-order valence-electron chi connectivity index (χ3n) is 5.02. The van der Waals surface area contributed by atoms with E-state index >= 15 is 0 Å². The fourth-order valence-electron chi connectivity index (χ4n) is 3.48. The van der Waals surface area contributed by atoms with Gasteiger partial charge in [0.2, 0.25) is 5.91 Å². The Hall–Kier alpha value is -3.05. The summed E-state index contributed by atoms with van der Waals surface area (Å²) >= 11 is 5.94. The zero-order valence-corrected chi connectivity index (χ0v) is 17.0. The summed E-state index contributed by atoms with van der Waals surface area (Å²) in [6.07, 6.45) is 4.15. The maximum absolute atomic E-state index is 12.3. The smallest absolute Gasteiger partial charge is 0.225 e. The number of hydrogen-bond donors (Lipinski definition) is 2. The molecular formula is C23H23ClN4O. The van der Waals surface area contributed by atoms with Crippen LogP contribution in [0.3, 0.4) is 0 Å². The summed E-state index contributed by atoms with van der Waals surface area (Å²) in [5.41, 5.74) is 4.48. The fourth-order valence-corrected chi connectivity index (χ4v) is 3.60. The van der Waals surface area contributed by atoms with E-state index in [1.54, 1.807) is 0 Å². The number of halogens is 1. The van der Waals surface area contributed by atoms with E-state index in [0.29, 0.717) is 23.8 Å². The molecule has 2 heterocycles. The predicted octanol–water partition coefficient (Wildman–Crippen LogP) is 5.34. The van der Waals surface area contributed by atoms with Gasteiger partial charge in [0, 0.05) is 40.3 Å². The molecule has 0 unspecified atom stereocenters. The number of amides is 1. The van der Waals surface area contributed by atoms with Crippen LogP contribution in [0, 0.1) is 6.92 Å². The Bertz CT molecular complexity index is 1130. The molecule has 2 N–H and O–H groups in total. The van der Waals surface area contributed by atoms with Crippen molar-refractivity contribution in [1.82, 2.24) is 14.8 Å². The van der Waals surface area contributed by atoms with Gasteiger partial charge in [0.25, 0.3) is 0 Å². The van der Waals surface area contributed by atoms with Crippen molar-refractivity contribution in [2.24, 2.45) is 0 Å². The normalized spacial score (nSPS) is 11.1. The van der Waals surface area contributed by atoms with Crippen LogP contribution in [0.4, 0.5) is 5.82 Å². The fraction of sp³-hybridized carbons (Fsp3) is 0.217. The molecule has 6 heteroatoms. The molecule has 5 nitrogen and oxygen atoms in total. The number of hydrogen-bond acceptors (Lipinski definition) is 2. The Morgan fingerprint density at radius 2 is 1.97 bits per heavy atom. The molecule has 0 atom stereocenters. The molecule has 1 amide bonds. The van der Waals surface area contributed by atoms with Gasteiger partial charge in [0.15, 0.2) is 5.82 Å². The largest absolute Gasteiger partial charge is 0.361 e. The number of aromatic nitrogens is 3. The van der Waals surface area contributed by atoms with E-state index in [1.165, 1.54) is 10.9 Å². The number of fused-ring (bicyclic) bond motifs is 1. The average Bonchev–Trinajstić information content (AvgIpc) is 3.27. The lowest BCUT2D eigenvalue weighted by molar-refractivity contribution is -0.116. The number of nitrogens with zero attached hydrogens (tertiary/aromatic N) is 2. The van der Waals surface area contributed by atoms with Gasteiger partial charge < -0.3 is 10.3 Å². The molecule has 29 heavy (non-hydrogen) atoms. The van der Waals surface area contributed by atoms with Crippen LogP contribution >= 0.6 is 11.6 Å². The molecule has 0 saturated heterocycles. The van der Waals surface area contributed by atoms with E-state index in [0.717, 1.165) is 29.6 Å². The standard InChI is InChI=1S/C23H23ClN4O/c1-16-13-22(27-28(16)15-17-9-11-19(24)12-10-17)26-23(29)8-4-5-18-14-25-21-7-3-2-6-20(18)21/h2-3,6-7,9-14,25H,4-5,8,15H2,1H3,(H,26,27,29). The molecule has 0 aliphatic heterocycles. The van der Waals surface area contributed by atoms with Crippen LogP contribution in [0.25, 0.3) is 10.9 Å². The monoisotopic (exact) mass is 406 g/mol. The molecule has 0 aliphatic rings. The third-order valence-corrected chi connectivity index (χ3v) is 5.27. The molecule has 2 aromatic carbocycles. The molecule has 4 aromatic rings. The number of aromatic amines is 1. The minimum absolute atomic E-state index is 0.0130. The number of benzene rings is 2. The van der Waals surface area contributed by atoms with Gasteiger partial charge in [-0.15, -0.1) is 0 Å². The summed E-state index contributed by atoms with van der Waals surface area (Å²) in [5, 5.41) is 9.37. The zero-order chi connectivity index (χ0) is 20.2. The molecule has 0 spiro atoms. The summed E-state index contributed by atoms with van der Waals surface area (Å²) in [7, 11) is 0. The lowest BCUT2D eigenvalue weighted by atomic mass is 10.1. The van der Waals surface area contributed by atoms with Crippen LogP contribution < -0.4 is 5.32 Å². The van der Waals surface area contributed by atoms with Crippen molar-refractivity contribution in [3.8, 4) is 0 Å². The van der Waals surface area contributed by atoms with Crippen LogP contribution in [0.1, 0.15) is 29.7 Å². The summed E-state index contributed by atoms with van der Waals surface area (Å²) in [6, 6.07) is 17.8. The SMILES string of the molecule is Cc1cc(NC(=O)CCCc2c[nH]c3ccccc23)nn1Cc1ccc(Cl)cc1. The summed E-state index contributed by atoms with van der Waals surface area (Å²) in [4.78, 5) is 15.6. The van der Waals surface area contributed by atoms with Gasteiger partial charge in [0.1, 0.15) is 0 Å². The van der Waals surface area contributed by atoms with Gasteiger partial charge in [-0.2, -0.15) is 5.10 Å². The van der Waals surface area contributed by atoms with E-state index in [-0.39, 0.29) is 5.91 Å². The number of anilines is 1. The second-order valence-corrected chi connectivity index (χ2v) is 7.65. The quantitative estimate of drug-likeness (QED) is 0.435. The number of carbonyl (C=O) groups excluding carboxylic acids is 1.